The zero-order chi connectivity index (χ0) is 9.84. The van der Waals surface area contributed by atoms with Crippen LogP contribution in [0.4, 0.5) is 0 Å². The van der Waals surface area contributed by atoms with E-state index in [2.05, 4.69) is 37.1 Å². The SMILES string of the molecule is CNC(c1cncc(C)c1)C(C)C. The molecule has 1 aromatic heterocycles. The van der Waals surface area contributed by atoms with Gasteiger partial charge >= 0.3 is 0 Å². The molecule has 1 rings (SSSR count). The van der Waals surface area contributed by atoms with Gasteiger partial charge in [-0.15, -0.1) is 0 Å². The molecule has 13 heavy (non-hydrogen) atoms. The number of pyridine rings is 1. The fraction of sp³-hybridized carbons (Fsp3) is 0.545. The Morgan fingerprint density at radius 1 is 1.31 bits per heavy atom. The Morgan fingerprint density at radius 3 is 2.46 bits per heavy atom. The molecular weight excluding hydrogens is 160 g/mol. The van der Waals surface area contributed by atoms with Gasteiger partial charge in [-0.05, 0) is 31.0 Å². The summed E-state index contributed by atoms with van der Waals surface area (Å²) in [7, 11) is 1.99. The van der Waals surface area contributed by atoms with Crippen LogP contribution in [0.15, 0.2) is 18.5 Å². The van der Waals surface area contributed by atoms with E-state index in [9.17, 15) is 0 Å². The number of aromatic nitrogens is 1. The molecule has 2 heteroatoms. The van der Waals surface area contributed by atoms with Crippen molar-refractivity contribution in [3.8, 4) is 0 Å². The number of nitrogens with one attached hydrogen (secondary N) is 1. The molecule has 0 aliphatic heterocycles. The summed E-state index contributed by atoms with van der Waals surface area (Å²) in [5, 5.41) is 3.30. The lowest BCUT2D eigenvalue weighted by Crippen LogP contribution is -2.21. The number of nitrogens with zero attached hydrogens (tertiary/aromatic N) is 1. The monoisotopic (exact) mass is 178 g/mol. The van der Waals surface area contributed by atoms with Gasteiger partial charge in [0.25, 0.3) is 0 Å². The van der Waals surface area contributed by atoms with E-state index in [4.69, 9.17) is 0 Å². The topological polar surface area (TPSA) is 24.9 Å². The molecule has 0 aromatic carbocycles. The molecule has 0 fully saturated rings. The molecule has 0 saturated heterocycles. The van der Waals surface area contributed by atoms with Gasteiger partial charge in [0.1, 0.15) is 0 Å². The first kappa shape index (κ1) is 10.2. The summed E-state index contributed by atoms with van der Waals surface area (Å²) in [5.41, 5.74) is 2.50. The molecule has 0 aliphatic rings. The lowest BCUT2D eigenvalue weighted by Gasteiger charge is -2.20. The first-order chi connectivity index (χ1) is 6.15. The van der Waals surface area contributed by atoms with Gasteiger partial charge in [0.2, 0.25) is 0 Å². The number of hydrogen-bond acceptors (Lipinski definition) is 2. The van der Waals surface area contributed by atoms with Crippen LogP contribution in [0, 0.1) is 12.8 Å². The third-order valence-corrected chi connectivity index (χ3v) is 2.23. The van der Waals surface area contributed by atoms with Gasteiger partial charge in [-0.25, -0.2) is 0 Å². The van der Waals surface area contributed by atoms with Crippen LogP contribution in [0.5, 0.6) is 0 Å². The van der Waals surface area contributed by atoms with Gasteiger partial charge in [0, 0.05) is 18.4 Å². The van der Waals surface area contributed by atoms with Gasteiger partial charge in [-0.2, -0.15) is 0 Å². The van der Waals surface area contributed by atoms with Crippen molar-refractivity contribution in [2.45, 2.75) is 26.8 Å². The minimum Gasteiger partial charge on any atom is -0.313 e. The van der Waals surface area contributed by atoms with Gasteiger partial charge in [0.05, 0.1) is 0 Å². The summed E-state index contributed by atoms with van der Waals surface area (Å²) in [4.78, 5) is 4.20. The zero-order valence-electron chi connectivity index (χ0n) is 8.83. The van der Waals surface area contributed by atoms with E-state index in [-0.39, 0.29) is 0 Å². The van der Waals surface area contributed by atoms with Crippen molar-refractivity contribution in [2.24, 2.45) is 5.92 Å². The molecule has 1 aromatic rings. The van der Waals surface area contributed by atoms with Crippen molar-refractivity contribution in [1.29, 1.82) is 0 Å². The van der Waals surface area contributed by atoms with E-state index < -0.39 is 0 Å². The Bertz CT molecular complexity index is 269. The predicted molar refractivity (Wildman–Crippen MR) is 55.6 cm³/mol. The smallest absolute Gasteiger partial charge is 0.0356 e. The average molecular weight is 178 g/mol. The third kappa shape index (κ3) is 2.52. The van der Waals surface area contributed by atoms with Gasteiger partial charge in [-0.3, -0.25) is 4.98 Å². The molecule has 0 amide bonds. The lowest BCUT2D eigenvalue weighted by atomic mass is 9.97. The highest BCUT2D eigenvalue weighted by molar-refractivity contribution is 5.20. The second-order valence-electron chi connectivity index (χ2n) is 3.81. The number of rotatable bonds is 3. The second-order valence-corrected chi connectivity index (χ2v) is 3.81. The maximum Gasteiger partial charge on any atom is 0.0356 e. The predicted octanol–water partition coefficient (Wildman–Crippen LogP) is 2.31. The number of hydrogen-bond donors (Lipinski definition) is 1. The van der Waals surface area contributed by atoms with E-state index in [1.54, 1.807) is 0 Å². The van der Waals surface area contributed by atoms with E-state index in [1.165, 1.54) is 11.1 Å². The molecule has 72 valence electrons. The summed E-state index contributed by atoms with van der Waals surface area (Å²) in [6.07, 6.45) is 3.82. The standard InChI is InChI=1S/C11H18N2/c1-8(2)11(12-4)10-5-9(3)6-13-7-10/h5-8,11-12H,1-4H3. The zero-order valence-corrected chi connectivity index (χ0v) is 8.83. The Labute approximate surface area is 80.4 Å². The van der Waals surface area contributed by atoms with Crippen LogP contribution in [-0.4, -0.2) is 12.0 Å². The Morgan fingerprint density at radius 2 is 2.00 bits per heavy atom. The van der Waals surface area contributed by atoms with Crippen molar-refractivity contribution in [3.05, 3.63) is 29.6 Å². The number of aryl methyl sites for hydroxylation is 1. The van der Waals surface area contributed by atoms with E-state index in [0.29, 0.717) is 12.0 Å². The van der Waals surface area contributed by atoms with E-state index >= 15 is 0 Å². The summed E-state index contributed by atoms with van der Waals surface area (Å²) in [5.74, 6) is 0.591. The Hall–Kier alpha value is -0.890. The van der Waals surface area contributed by atoms with Crippen LogP contribution in [0.2, 0.25) is 0 Å². The average Bonchev–Trinajstić information content (AvgIpc) is 2.04. The molecule has 0 radical (unpaired) electrons. The molecule has 1 atom stereocenters. The lowest BCUT2D eigenvalue weighted by molar-refractivity contribution is 0.442. The molecule has 2 nitrogen and oxygen atoms in total. The van der Waals surface area contributed by atoms with Crippen molar-refractivity contribution < 1.29 is 0 Å². The first-order valence-corrected chi connectivity index (χ1v) is 4.74. The highest BCUT2D eigenvalue weighted by Gasteiger charge is 2.13. The Balaban J connectivity index is 2.91. The van der Waals surface area contributed by atoms with Crippen LogP contribution in [0.1, 0.15) is 31.0 Å². The van der Waals surface area contributed by atoms with Gasteiger partial charge in [-0.1, -0.05) is 19.9 Å². The van der Waals surface area contributed by atoms with E-state index in [0.717, 1.165) is 0 Å². The molecule has 1 unspecified atom stereocenters. The fourth-order valence-corrected chi connectivity index (χ4v) is 1.63. The van der Waals surface area contributed by atoms with Crippen LogP contribution in [0.25, 0.3) is 0 Å². The van der Waals surface area contributed by atoms with Crippen LogP contribution >= 0.6 is 0 Å². The first-order valence-electron chi connectivity index (χ1n) is 4.74. The third-order valence-electron chi connectivity index (χ3n) is 2.23. The summed E-state index contributed by atoms with van der Waals surface area (Å²) in [6, 6.07) is 2.60. The highest BCUT2D eigenvalue weighted by atomic mass is 14.9. The molecule has 0 bridgehead atoms. The maximum atomic E-state index is 4.20. The highest BCUT2D eigenvalue weighted by Crippen LogP contribution is 2.20. The molecule has 0 spiro atoms. The van der Waals surface area contributed by atoms with Crippen LogP contribution in [0.3, 0.4) is 0 Å². The molecule has 0 aliphatic carbocycles. The fourth-order valence-electron chi connectivity index (χ4n) is 1.63. The second kappa shape index (κ2) is 4.38. The normalized spacial score (nSPS) is 13.3. The van der Waals surface area contributed by atoms with Crippen molar-refractivity contribution in [1.82, 2.24) is 10.3 Å². The molecule has 1 heterocycles. The van der Waals surface area contributed by atoms with E-state index in [1.807, 2.05) is 19.4 Å². The van der Waals surface area contributed by atoms with Crippen molar-refractivity contribution in [3.63, 3.8) is 0 Å². The molecular formula is C11H18N2. The van der Waals surface area contributed by atoms with Gasteiger partial charge in [0.15, 0.2) is 0 Å². The Kier molecular flexibility index (Phi) is 3.43. The molecule has 1 N–H and O–H groups in total. The van der Waals surface area contributed by atoms with Gasteiger partial charge < -0.3 is 5.32 Å². The van der Waals surface area contributed by atoms with Crippen LogP contribution < -0.4 is 5.32 Å². The van der Waals surface area contributed by atoms with Crippen molar-refractivity contribution in [2.75, 3.05) is 7.05 Å². The quantitative estimate of drug-likeness (QED) is 0.768. The largest absolute Gasteiger partial charge is 0.313 e. The summed E-state index contributed by atoms with van der Waals surface area (Å²) < 4.78 is 0. The summed E-state index contributed by atoms with van der Waals surface area (Å²) >= 11 is 0. The maximum absolute atomic E-state index is 4.20. The van der Waals surface area contributed by atoms with Crippen molar-refractivity contribution >= 4 is 0 Å². The molecule has 0 saturated carbocycles. The minimum atomic E-state index is 0.410. The van der Waals surface area contributed by atoms with Crippen LogP contribution in [-0.2, 0) is 0 Å². The minimum absolute atomic E-state index is 0.410. The summed E-state index contributed by atoms with van der Waals surface area (Å²) in [6.45, 7) is 6.50.